The Hall–Kier alpha value is -1.78. The highest BCUT2D eigenvalue weighted by atomic mass is 79.9. The van der Waals surface area contributed by atoms with E-state index in [1.54, 1.807) is 7.11 Å². The van der Waals surface area contributed by atoms with Crippen LogP contribution in [0.5, 0.6) is 5.75 Å². The smallest absolute Gasteiger partial charge is 0.128 e. The quantitative estimate of drug-likeness (QED) is 0.536. The number of ether oxygens (including phenoxy) is 1. The lowest BCUT2D eigenvalue weighted by Gasteiger charge is -2.10. The van der Waals surface area contributed by atoms with Crippen molar-refractivity contribution in [2.24, 2.45) is 5.73 Å². The number of methoxy groups -OCH3 is 1. The molecular formula is C21H25BrN2O. The van der Waals surface area contributed by atoms with Crippen LogP contribution in [0.25, 0.3) is 22.2 Å². The lowest BCUT2D eigenvalue weighted by molar-refractivity contribution is 0.416. The van der Waals surface area contributed by atoms with Crippen molar-refractivity contribution in [3.63, 3.8) is 0 Å². The fourth-order valence-corrected chi connectivity index (χ4v) is 3.74. The highest BCUT2D eigenvalue weighted by Gasteiger charge is 2.18. The van der Waals surface area contributed by atoms with E-state index in [4.69, 9.17) is 10.5 Å². The van der Waals surface area contributed by atoms with Crippen molar-refractivity contribution in [2.45, 2.75) is 33.1 Å². The van der Waals surface area contributed by atoms with Gasteiger partial charge < -0.3 is 15.5 Å². The number of aromatic amines is 1. The van der Waals surface area contributed by atoms with E-state index >= 15 is 0 Å². The third kappa shape index (κ3) is 3.46. The first-order chi connectivity index (χ1) is 12.1. The summed E-state index contributed by atoms with van der Waals surface area (Å²) in [5.41, 5.74) is 13.1. The van der Waals surface area contributed by atoms with Gasteiger partial charge in [0.25, 0.3) is 0 Å². The topological polar surface area (TPSA) is 51.0 Å². The number of rotatable bonds is 6. The number of hydrogen-bond acceptors (Lipinski definition) is 2. The minimum atomic E-state index is 0.732. The largest absolute Gasteiger partial charge is 0.496 e. The molecule has 0 spiro atoms. The number of halogens is 1. The molecule has 132 valence electrons. The van der Waals surface area contributed by atoms with Crippen molar-refractivity contribution in [1.82, 2.24) is 4.98 Å². The monoisotopic (exact) mass is 400 g/mol. The van der Waals surface area contributed by atoms with Crippen molar-refractivity contribution >= 4 is 26.8 Å². The summed E-state index contributed by atoms with van der Waals surface area (Å²) in [6.07, 6.45) is 3.12. The second-order valence-corrected chi connectivity index (χ2v) is 7.41. The van der Waals surface area contributed by atoms with E-state index in [1.807, 2.05) is 12.1 Å². The van der Waals surface area contributed by atoms with Crippen LogP contribution in [-0.2, 0) is 6.42 Å². The Morgan fingerprint density at radius 2 is 1.92 bits per heavy atom. The van der Waals surface area contributed by atoms with Crippen molar-refractivity contribution in [1.29, 1.82) is 0 Å². The van der Waals surface area contributed by atoms with Gasteiger partial charge in [0.15, 0.2) is 0 Å². The van der Waals surface area contributed by atoms with Gasteiger partial charge in [0.2, 0.25) is 0 Å². The summed E-state index contributed by atoms with van der Waals surface area (Å²) in [6, 6.07) is 10.6. The van der Waals surface area contributed by atoms with E-state index in [9.17, 15) is 0 Å². The Balaban J connectivity index is 2.24. The van der Waals surface area contributed by atoms with E-state index in [0.717, 1.165) is 47.3 Å². The SMILES string of the molecule is COc1ccc(Br)cc1-c1[nH]c2c(C)c(C)ccc2c1CCCCN. The molecule has 0 radical (unpaired) electrons. The Morgan fingerprint density at radius 1 is 1.12 bits per heavy atom. The van der Waals surface area contributed by atoms with Crippen molar-refractivity contribution in [2.75, 3.05) is 13.7 Å². The zero-order valence-electron chi connectivity index (χ0n) is 15.1. The molecule has 3 nitrogen and oxygen atoms in total. The maximum atomic E-state index is 5.71. The third-order valence-corrected chi connectivity index (χ3v) is 5.42. The Bertz CT molecular complexity index is 899. The molecule has 1 heterocycles. The molecule has 0 saturated carbocycles. The zero-order chi connectivity index (χ0) is 18.0. The fourth-order valence-electron chi connectivity index (χ4n) is 3.37. The zero-order valence-corrected chi connectivity index (χ0v) is 16.7. The van der Waals surface area contributed by atoms with Gasteiger partial charge >= 0.3 is 0 Å². The number of H-pyrrole nitrogens is 1. The second kappa shape index (κ2) is 7.63. The Morgan fingerprint density at radius 3 is 2.64 bits per heavy atom. The van der Waals surface area contributed by atoms with Gasteiger partial charge in [-0.2, -0.15) is 0 Å². The molecular weight excluding hydrogens is 376 g/mol. The van der Waals surface area contributed by atoms with Crippen LogP contribution in [0.3, 0.4) is 0 Å². The fraction of sp³-hybridized carbons (Fsp3) is 0.333. The van der Waals surface area contributed by atoms with Crippen LogP contribution in [0, 0.1) is 13.8 Å². The molecule has 0 bridgehead atoms. The predicted octanol–water partition coefficient (Wildman–Crippen LogP) is 5.50. The van der Waals surface area contributed by atoms with Crippen molar-refractivity contribution in [3.05, 3.63) is 51.5 Å². The lowest BCUT2D eigenvalue weighted by atomic mass is 9.98. The standard InChI is InChI=1S/C21H25BrN2O/c1-13-7-9-17-16(6-4-5-11-23)21(24-20(17)14(13)2)18-12-15(22)8-10-19(18)25-3/h7-10,12,24H,4-6,11,23H2,1-3H3. The summed E-state index contributed by atoms with van der Waals surface area (Å²) in [6.45, 7) is 5.07. The minimum Gasteiger partial charge on any atom is -0.496 e. The molecule has 2 aromatic carbocycles. The van der Waals surface area contributed by atoms with E-state index in [-0.39, 0.29) is 0 Å². The summed E-state index contributed by atoms with van der Waals surface area (Å²) in [5.74, 6) is 0.879. The number of nitrogens with two attached hydrogens (primary N) is 1. The van der Waals surface area contributed by atoms with Crippen LogP contribution in [-0.4, -0.2) is 18.6 Å². The molecule has 0 unspecified atom stereocenters. The molecule has 0 fully saturated rings. The van der Waals surface area contributed by atoms with Gasteiger partial charge in [-0.3, -0.25) is 0 Å². The van der Waals surface area contributed by atoms with E-state index in [1.165, 1.54) is 27.6 Å². The van der Waals surface area contributed by atoms with E-state index < -0.39 is 0 Å². The molecule has 0 atom stereocenters. The predicted molar refractivity (Wildman–Crippen MR) is 109 cm³/mol. The Kier molecular flexibility index (Phi) is 5.50. The average Bonchev–Trinajstić information content (AvgIpc) is 2.97. The van der Waals surface area contributed by atoms with Gasteiger partial charge in [-0.05, 0) is 74.5 Å². The molecule has 0 aliphatic carbocycles. The first-order valence-electron chi connectivity index (χ1n) is 8.71. The van der Waals surface area contributed by atoms with Crippen molar-refractivity contribution < 1.29 is 4.74 Å². The highest BCUT2D eigenvalue weighted by molar-refractivity contribution is 9.10. The van der Waals surface area contributed by atoms with Gasteiger partial charge in [-0.15, -0.1) is 0 Å². The molecule has 3 N–H and O–H groups in total. The second-order valence-electron chi connectivity index (χ2n) is 6.50. The number of aromatic nitrogens is 1. The molecule has 0 amide bonds. The molecule has 3 aromatic rings. The average molecular weight is 401 g/mol. The number of unbranched alkanes of at least 4 members (excludes halogenated alkanes) is 1. The minimum absolute atomic E-state index is 0.732. The lowest BCUT2D eigenvalue weighted by Crippen LogP contribution is -1.99. The summed E-state index contributed by atoms with van der Waals surface area (Å²) in [7, 11) is 1.72. The van der Waals surface area contributed by atoms with E-state index in [0.29, 0.717) is 0 Å². The summed E-state index contributed by atoms with van der Waals surface area (Å²) < 4.78 is 6.67. The molecule has 3 rings (SSSR count). The molecule has 4 heteroatoms. The first-order valence-corrected chi connectivity index (χ1v) is 9.50. The van der Waals surface area contributed by atoms with Crippen LogP contribution in [0.2, 0.25) is 0 Å². The number of benzene rings is 2. The van der Waals surface area contributed by atoms with Gasteiger partial charge in [-0.1, -0.05) is 28.1 Å². The molecule has 0 saturated heterocycles. The van der Waals surface area contributed by atoms with Gasteiger partial charge in [-0.25, -0.2) is 0 Å². The van der Waals surface area contributed by atoms with Crippen LogP contribution in [0.15, 0.2) is 34.8 Å². The van der Waals surface area contributed by atoms with Crippen LogP contribution >= 0.6 is 15.9 Å². The van der Waals surface area contributed by atoms with Gasteiger partial charge in [0.1, 0.15) is 5.75 Å². The van der Waals surface area contributed by atoms with Gasteiger partial charge in [0, 0.05) is 20.9 Å². The highest BCUT2D eigenvalue weighted by Crippen LogP contribution is 2.39. The maximum Gasteiger partial charge on any atom is 0.128 e. The number of nitrogens with one attached hydrogen (secondary N) is 1. The number of hydrogen-bond donors (Lipinski definition) is 2. The number of aryl methyl sites for hydroxylation is 3. The molecule has 1 aromatic heterocycles. The molecule has 0 aliphatic heterocycles. The Labute approximate surface area is 157 Å². The van der Waals surface area contributed by atoms with Crippen molar-refractivity contribution in [3.8, 4) is 17.0 Å². The molecule has 25 heavy (non-hydrogen) atoms. The third-order valence-electron chi connectivity index (χ3n) is 4.92. The van der Waals surface area contributed by atoms with Gasteiger partial charge in [0.05, 0.1) is 12.8 Å². The van der Waals surface area contributed by atoms with Crippen LogP contribution in [0.1, 0.15) is 29.5 Å². The van der Waals surface area contributed by atoms with E-state index in [2.05, 4.69) is 53.0 Å². The summed E-state index contributed by atoms with van der Waals surface area (Å²) >= 11 is 3.60. The van der Waals surface area contributed by atoms with Crippen LogP contribution in [0.4, 0.5) is 0 Å². The van der Waals surface area contributed by atoms with Crippen LogP contribution < -0.4 is 10.5 Å². The maximum absolute atomic E-state index is 5.71. The molecule has 0 aliphatic rings. The summed E-state index contributed by atoms with van der Waals surface area (Å²) in [4.78, 5) is 3.69. The normalized spacial score (nSPS) is 11.2. The summed E-state index contributed by atoms with van der Waals surface area (Å²) in [5, 5.41) is 1.30. The first kappa shape index (κ1) is 18.0. The number of fused-ring (bicyclic) bond motifs is 1.